The van der Waals surface area contributed by atoms with Crippen LogP contribution in [-0.4, -0.2) is 33.8 Å². The molecule has 0 radical (unpaired) electrons. The third kappa shape index (κ3) is 2.38. The average Bonchev–Trinajstić information content (AvgIpc) is 3.27. The summed E-state index contributed by atoms with van der Waals surface area (Å²) in [5.41, 5.74) is 1.52. The van der Waals surface area contributed by atoms with Crippen molar-refractivity contribution in [3.63, 3.8) is 0 Å². The Balaban J connectivity index is 1.71. The summed E-state index contributed by atoms with van der Waals surface area (Å²) in [6.45, 7) is 1.60. The highest BCUT2D eigenvalue weighted by atomic mass is 16.7. The Morgan fingerprint density at radius 2 is 1.23 bits per heavy atom. The van der Waals surface area contributed by atoms with E-state index in [-0.39, 0.29) is 0 Å². The molecule has 0 N–H and O–H groups in total. The Hall–Kier alpha value is -1.59. The van der Waals surface area contributed by atoms with Crippen LogP contribution in [0, 0.1) is 0 Å². The maximum atomic E-state index is 6.33. The quantitative estimate of drug-likeness (QED) is 0.812. The highest BCUT2D eigenvalue weighted by Gasteiger charge is 2.54. The lowest BCUT2D eigenvalue weighted by atomic mass is 9.49. The van der Waals surface area contributed by atoms with E-state index in [1.807, 2.05) is 36.4 Å². The molecule has 110 valence electrons. The standard InChI is InChI=1S/C16H16B2O4/c1-3-7-14(8-4-1)16(15-9-5-2-6-10-15)13-21-18(22-16)17-19-11-12-20-17/h1-10H,11-13H2. The van der Waals surface area contributed by atoms with Gasteiger partial charge in [-0.1, -0.05) is 60.7 Å². The molecular weight excluding hydrogens is 278 g/mol. The van der Waals surface area contributed by atoms with Gasteiger partial charge in [-0.25, -0.2) is 0 Å². The van der Waals surface area contributed by atoms with Crippen LogP contribution < -0.4 is 0 Å². The highest BCUT2D eigenvalue weighted by Crippen LogP contribution is 2.39. The first-order valence-corrected chi connectivity index (χ1v) is 7.52. The van der Waals surface area contributed by atoms with Gasteiger partial charge in [-0.15, -0.1) is 0 Å². The number of benzene rings is 2. The second-order valence-corrected chi connectivity index (χ2v) is 5.47. The largest absolute Gasteiger partial charge is 0.489 e. The first-order chi connectivity index (χ1) is 10.9. The lowest BCUT2D eigenvalue weighted by Crippen LogP contribution is -2.41. The van der Waals surface area contributed by atoms with Gasteiger partial charge in [-0.3, -0.25) is 0 Å². The van der Waals surface area contributed by atoms with Gasteiger partial charge in [0.25, 0.3) is 0 Å². The Morgan fingerprint density at radius 1 is 0.682 bits per heavy atom. The minimum absolute atomic E-state index is 0.439. The zero-order chi connectivity index (χ0) is 14.8. The smallest absolute Gasteiger partial charge is 0.411 e. The van der Waals surface area contributed by atoms with Crippen molar-refractivity contribution in [2.45, 2.75) is 5.60 Å². The van der Waals surface area contributed by atoms with E-state index in [9.17, 15) is 0 Å². The minimum atomic E-state index is -0.623. The summed E-state index contributed by atoms with van der Waals surface area (Å²) in [6.07, 6.45) is 0. The topological polar surface area (TPSA) is 36.9 Å². The lowest BCUT2D eigenvalue weighted by molar-refractivity contribution is 0.138. The molecule has 2 heterocycles. The van der Waals surface area contributed by atoms with Gasteiger partial charge < -0.3 is 18.6 Å². The van der Waals surface area contributed by atoms with Crippen molar-refractivity contribution < 1.29 is 18.6 Å². The summed E-state index contributed by atoms with van der Waals surface area (Å²) in [4.78, 5) is 0. The fraction of sp³-hybridized carbons (Fsp3) is 0.250. The number of hydrogen-bond donors (Lipinski definition) is 0. The van der Waals surface area contributed by atoms with Gasteiger partial charge in [0.05, 0.1) is 19.8 Å². The van der Waals surface area contributed by atoms with Crippen LogP contribution in [0.15, 0.2) is 60.7 Å². The molecule has 4 rings (SSSR count). The van der Waals surface area contributed by atoms with Gasteiger partial charge in [0.1, 0.15) is 5.60 Å². The first-order valence-electron chi connectivity index (χ1n) is 7.52. The summed E-state index contributed by atoms with van der Waals surface area (Å²) in [7, 11) is -0.961. The van der Waals surface area contributed by atoms with Crippen LogP contribution in [-0.2, 0) is 24.2 Å². The molecular formula is C16H16B2O4. The van der Waals surface area contributed by atoms with E-state index in [4.69, 9.17) is 18.6 Å². The molecule has 2 aliphatic rings. The fourth-order valence-corrected chi connectivity index (χ4v) is 3.02. The molecule has 2 aromatic rings. The molecule has 0 aliphatic carbocycles. The van der Waals surface area contributed by atoms with Crippen molar-refractivity contribution in [3.05, 3.63) is 71.8 Å². The monoisotopic (exact) mass is 294 g/mol. The van der Waals surface area contributed by atoms with E-state index in [2.05, 4.69) is 24.3 Å². The predicted octanol–water partition coefficient (Wildman–Crippen LogP) is 2.08. The van der Waals surface area contributed by atoms with Gasteiger partial charge >= 0.3 is 14.0 Å². The van der Waals surface area contributed by atoms with E-state index in [1.54, 1.807) is 0 Å². The van der Waals surface area contributed by atoms with Crippen LogP contribution in [0.2, 0.25) is 0 Å². The Kier molecular flexibility index (Phi) is 3.76. The maximum absolute atomic E-state index is 6.33. The molecule has 2 aromatic carbocycles. The van der Waals surface area contributed by atoms with Crippen LogP contribution >= 0.6 is 0 Å². The van der Waals surface area contributed by atoms with Crippen LogP contribution in [0.3, 0.4) is 0 Å². The zero-order valence-corrected chi connectivity index (χ0v) is 12.2. The van der Waals surface area contributed by atoms with Crippen molar-refractivity contribution in [1.82, 2.24) is 0 Å². The molecule has 0 amide bonds. The van der Waals surface area contributed by atoms with E-state index in [0.29, 0.717) is 19.8 Å². The van der Waals surface area contributed by atoms with Gasteiger partial charge in [0, 0.05) is 0 Å². The molecule has 4 nitrogen and oxygen atoms in total. The summed E-state index contributed by atoms with van der Waals surface area (Å²) in [5, 5.41) is 0. The molecule has 0 aromatic heterocycles. The summed E-state index contributed by atoms with van der Waals surface area (Å²) in [5.74, 6) is 0. The SMILES string of the molecule is c1ccc(C2(c3ccccc3)COB(B3OCCO3)O2)cc1. The molecule has 2 saturated heterocycles. The number of hydrogen-bond acceptors (Lipinski definition) is 4. The van der Waals surface area contributed by atoms with Crippen molar-refractivity contribution in [1.29, 1.82) is 0 Å². The van der Waals surface area contributed by atoms with Crippen LogP contribution in [0.4, 0.5) is 0 Å². The minimum Gasteiger partial charge on any atom is -0.411 e. The Bertz CT molecular complexity index is 577. The van der Waals surface area contributed by atoms with Crippen molar-refractivity contribution in [3.8, 4) is 0 Å². The fourth-order valence-electron chi connectivity index (χ4n) is 3.02. The third-order valence-corrected chi connectivity index (χ3v) is 4.12. The number of rotatable bonds is 3. The zero-order valence-electron chi connectivity index (χ0n) is 12.2. The second-order valence-electron chi connectivity index (χ2n) is 5.47. The molecule has 2 aliphatic heterocycles. The molecule has 22 heavy (non-hydrogen) atoms. The molecule has 0 unspecified atom stereocenters. The molecule has 0 atom stereocenters. The van der Waals surface area contributed by atoms with E-state index in [1.165, 1.54) is 0 Å². The third-order valence-electron chi connectivity index (χ3n) is 4.12. The molecule has 2 fully saturated rings. The average molecular weight is 294 g/mol. The van der Waals surface area contributed by atoms with Gasteiger partial charge in [0.15, 0.2) is 0 Å². The normalized spacial score (nSPS) is 20.5. The van der Waals surface area contributed by atoms with Crippen LogP contribution in [0.5, 0.6) is 0 Å². The second kappa shape index (κ2) is 5.89. The molecule has 6 heteroatoms. The Labute approximate surface area is 130 Å². The summed E-state index contributed by atoms with van der Waals surface area (Å²) >= 11 is 0. The summed E-state index contributed by atoms with van der Waals surface area (Å²) < 4.78 is 23.3. The van der Waals surface area contributed by atoms with Crippen LogP contribution in [0.1, 0.15) is 11.1 Å². The predicted molar refractivity (Wildman–Crippen MR) is 84.1 cm³/mol. The molecule has 0 bridgehead atoms. The highest BCUT2D eigenvalue weighted by molar-refractivity contribution is 7.11. The Morgan fingerprint density at radius 3 is 1.77 bits per heavy atom. The lowest BCUT2D eigenvalue weighted by Gasteiger charge is -2.29. The van der Waals surface area contributed by atoms with Crippen molar-refractivity contribution in [2.24, 2.45) is 0 Å². The van der Waals surface area contributed by atoms with Crippen molar-refractivity contribution in [2.75, 3.05) is 19.8 Å². The van der Waals surface area contributed by atoms with Gasteiger partial charge in [-0.05, 0) is 11.1 Å². The molecule has 0 saturated carbocycles. The summed E-state index contributed by atoms with van der Waals surface area (Å²) in [6, 6.07) is 20.3. The maximum Gasteiger partial charge on any atom is 0.489 e. The first kappa shape index (κ1) is 14.0. The van der Waals surface area contributed by atoms with E-state index >= 15 is 0 Å². The van der Waals surface area contributed by atoms with E-state index < -0.39 is 19.6 Å². The van der Waals surface area contributed by atoms with Crippen molar-refractivity contribution >= 4 is 14.0 Å². The molecule has 0 spiro atoms. The van der Waals surface area contributed by atoms with E-state index in [0.717, 1.165) is 11.1 Å². The van der Waals surface area contributed by atoms with Gasteiger partial charge in [0.2, 0.25) is 0 Å². The van der Waals surface area contributed by atoms with Gasteiger partial charge in [-0.2, -0.15) is 0 Å². The van der Waals surface area contributed by atoms with Crippen LogP contribution in [0.25, 0.3) is 0 Å².